The summed E-state index contributed by atoms with van der Waals surface area (Å²) in [5.74, 6) is -8.09. The SMILES string of the molecule is O=C(CSc1ccc(SC(F)(F)C(F)(F)C(F)(F)F)cc1[N+](=O)[O-])Nc1cc(C(F)(F)F)ccc1Cl. The molecule has 0 bridgehead atoms. The normalized spacial score (nSPS) is 13.0. The third-order valence-corrected chi connectivity index (χ3v) is 6.42. The summed E-state index contributed by atoms with van der Waals surface area (Å²) in [5.41, 5.74) is -2.56. The molecule has 0 fully saturated rings. The molecule has 0 heterocycles. The molecular formula is C18H9ClF10N2O3S2. The van der Waals surface area contributed by atoms with Crippen LogP contribution in [0.5, 0.6) is 0 Å². The Hall–Kier alpha value is -2.40. The quantitative estimate of drug-likeness (QED) is 0.147. The number of nitrogens with one attached hydrogen (secondary N) is 1. The maximum atomic E-state index is 13.6. The summed E-state index contributed by atoms with van der Waals surface area (Å²) in [6.45, 7) is 0. The number of carbonyl (C=O) groups is 1. The van der Waals surface area contributed by atoms with Crippen LogP contribution in [0.2, 0.25) is 5.02 Å². The highest BCUT2D eigenvalue weighted by atomic mass is 35.5. The van der Waals surface area contributed by atoms with E-state index >= 15 is 0 Å². The van der Waals surface area contributed by atoms with Crippen LogP contribution in [0, 0.1) is 10.1 Å². The molecule has 0 unspecified atom stereocenters. The van der Waals surface area contributed by atoms with Gasteiger partial charge < -0.3 is 5.32 Å². The second-order valence-corrected chi connectivity index (χ2v) is 9.22. The number of hydrogen-bond donors (Lipinski definition) is 1. The number of nitro groups is 1. The highest BCUT2D eigenvalue weighted by molar-refractivity contribution is 8.00. The van der Waals surface area contributed by atoms with E-state index in [0.717, 1.165) is 12.1 Å². The van der Waals surface area contributed by atoms with Crippen molar-refractivity contribution in [1.29, 1.82) is 0 Å². The average molecular weight is 591 g/mol. The first-order chi connectivity index (χ1) is 16.3. The summed E-state index contributed by atoms with van der Waals surface area (Å²) < 4.78 is 129. The Labute approximate surface area is 207 Å². The molecule has 2 aromatic rings. The van der Waals surface area contributed by atoms with Crippen LogP contribution in [-0.2, 0) is 11.0 Å². The lowest BCUT2D eigenvalue weighted by atomic mass is 10.2. The van der Waals surface area contributed by atoms with Gasteiger partial charge in [0.2, 0.25) is 5.91 Å². The summed E-state index contributed by atoms with van der Waals surface area (Å²) in [7, 11) is 0. The van der Waals surface area contributed by atoms with Gasteiger partial charge in [-0.3, -0.25) is 14.9 Å². The lowest BCUT2D eigenvalue weighted by molar-refractivity contribution is -0.387. The van der Waals surface area contributed by atoms with Gasteiger partial charge in [0, 0.05) is 11.0 Å². The molecule has 0 aliphatic rings. The lowest BCUT2D eigenvalue weighted by Gasteiger charge is -2.27. The topological polar surface area (TPSA) is 72.2 Å². The van der Waals surface area contributed by atoms with Crippen LogP contribution in [-0.4, -0.2) is 33.9 Å². The highest BCUT2D eigenvalue weighted by Crippen LogP contribution is 2.54. The summed E-state index contributed by atoms with van der Waals surface area (Å²) in [6, 6.07) is 3.71. The van der Waals surface area contributed by atoms with Crippen LogP contribution in [0.1, 0.15) is 5.56 Å². The standard InChI is InChI=1S/C18H9ClF10N2O3S2/c19-10-3-1-8(15(20,21)22)5-11(10)30-14(32)7-35-13-4-2-9(6-12(13)31(33)34)36-18(28,29)16(23,24)17(25,26)27/h1-6H,7H2,(H,30,32). The smallest absolute Gasteiger partial charge is 0.324 e. The number of amides is 1. The molecule has 2 rings (SSSR count). The van der Waals surface area contributed by atoms with E-state index in [1.54, 1.807) is 0 Å². The third-order valence-electron chi connectivity index (χ3n) is 4.02. The van der Waals surface area contributed by atoms with Crippen LogP contribution >= 0.6 is 35.1 Å². The molecule has 36 heavy (non-hydrogen) atoms. The zero-order valence-corrected chi connectivity index (χ0v) is 19.2. The second-order valence-electron chi connectivity index (χ2n) is 6.61. The van der Waals surface area contributed by atoms with Crippen LogP contribution in [0.25, 0.3) is 0 Å². The molecule has 1 amide bonds. The van der Waals surface area contributed by atoms with Gasteiger partial charge in [0.25, 0.3) is 5.69 Å². The minimum atomic E-state index is -6.60. The van der Waals surface area contributed by atoms with E-state index in [4.69, 9.17) is 11.6 Å². The van der Waals surface area contributed by atoms with Gasteiger partial charge in [0.15, 0.2) is 0 Å². The molecule has 18 heteroatoms. The van der Waals surface area contributed by atoms with Crippen molar-refractivity contribution in [2.24, 2.45) is 0 Å². The predicted octanol–water partition coefficient (Wildman–Crippen LogP) is 7.88. The Morgan fingerprint density at radius 1 is 0.972 bits per heavy atom. The van der Waals surface area contributed by atoms with Crippen molar-refractivity contribution >= 4 is 52.4 Å². The Morgan fingerprint density at radius 2 is 1.58 bits per heavy atom. The fraction of sp³-hybridized carbons (Fsp3) is 0.278. The molecule has 0 aliphatic carbocycles. The fourth-order valence-electron chi connectivity index (χ4n) is 2.33. The Kier molecular flexibility index (Phi) is 8.72. The second kappa shape index (κ2) is 10.5. The lowest BCUT2D eigenvalue weighted by Crippen LogP contribution is -2.49. The molecule has 1 N–H and O–H groups in total. The van der Waals surface area contributed by atoms with E-state index in [1.807, 2.05) is 0 Å². The number of anilines is 1. The Balaban J connectivity index is 2.19. The molecule has 0 saturated heterocycles. The number of rotatable bonds is 8. The molecule has 198 valence electrons. The number of hydrogen-bond acceptors (Lipinski definition) is 5. The van der Waals surface area contributed by atoms with Crippen LogP contribution < -0.4 is 5.32 Å². The summed E-state index contributed by atoms with van der Waals surface area (Å²) in [6.07, 6.45) is -11.3. The number of carbonyl (C=O) groups excluding carboxylic acids is 1. The summed E-state index contributed by atoms with van der Waals surface area (Å²) in [5, 5.41) is 7.34. The van der Waals surface area contributed by atoms with Crippen molar-refractivity contribution in [3.8, 4) is 0 Å². The van der Waals surface area contributed by atoms with Gasteiger partial charge in [-0.05, 0) is 42.1 Å². The van der Waals surface area contributed by atoms with E-state index in [2.05, 4.69) is 5.32 Å². The largest absolute Gasteiger partial charge is 0.460 e. The van der Waals surface area contributed by atoms with Gasteiger partial charge in [0.05, 0.1) is 31.8 Å². The van der Waals surface area contributed by atoms with Crippen molar-refractivity contribution in [1.82, 2.24) is 0 Å². The number of nitrogens with zero attached hydrogens (tertiary/aromatic N) is 1. The van der Waals surface area contributed by atoms with Gasteiger partial charge >= 0.3 is 23.5 Å². The van der Waals surface area contributed by atoms with Crippen LogP contribution in [0.15, 0.2) is 46.2 Å². The number of halogens is 11. The molecule has 2 aromatic carbocycles. The first kappa shape index (κ1) is 29.8. The number of benzene rings is 2. The van der Waals surface area contributed by atoms with E-state index in [0.29, 0.717) is 36.0 Å². The molecule has 0 radical (unpaired) electrons. The zero-order chi connectivity index (χ0) is 27.7. The molecular weight excluding hydrogens is 582 g/mol. The van der Waals surface area contributed by atoms with Crippen LogP contribution in [0.3, 0.4) is 0 Å². The fourth-order valence-corrected chi connectivity index (χ4v) is 4.15. The van der Waals surface area contributed by atoms with Gasteiger partial charge in [-0.1, -0.05) is 11.6 Å². The highest BCUT2D eigenvalue weighted by Gasteiger charge is 2.73. The van der Waals surface area contributed by atoms with E-state index in [9.17, 15) is 58.8 Å². The minimum Gasteiger partial charge on any atom is -0.324 e. The molecule has 0 spiro atoms. The van der Waals surface area contributed by atoms with E-state index in [1.165, 1.54) is 0 Å². The van der Waals surface area contributed by atoms with Gasteiger partial charge in [-0.25, -0.2) is 0 Å². The van der Waals surface area contributed by atoms with Crippen molar-refractivity contribution in [2.45, 2.75) is 33.3 Å². The van der Waals surface area contributed by atoms with Crippen molar-refractivity contribution in [3.63, 3.8) is 0 Å². The maximum Gasteiger partial charge on any atom is 0.460 e. The predicted molar refractivity (Wildman–Crippen MR) is 111 cm³/mol. The van der Waals surface area contributed by atoms with Crippen LogP contribution in [0.4, 0.5) is 55.3 Å². The van der Waals surface area contributed by atoms with Crippen molar-refractivity contribution in [3.05, 3.63) is 57.1 Å². The molecule has 0 aromatic heterocycles. The first-order valence-electron chi connectivity index (χ1n) is 8.85. The van der Waals surface area contributed by atoms with Gasteiger partial charge in [-0.15, -0.1) is 11.8 Å². The van der Waals surface area contributed by atoms with Crippen molar-refractivity contribution in [2.75, 3.05) is 11.1 Å². The zero-order valence-electron chi connectivity index (χ0n) is 16.8. The molecule has 0 aliphatic heterocycles. The Morgan fingerprint density at radius 3 is 2.11 bits per heavy atom. The summed E-state index contributed by atoms with van der Waals surface area (Å²) >= 11 is 4.90. The van der Waals surface area contributed by atoms with E-state index in [-0.39, 0.29) is 9.92 Å². The summed E-state index contributed by atoms with van der Waals surface area (Å²) in [4.78, 5) is 20.8. The molecule has 5 nitrogen and oxygen atoms in total. The molecule has 0 saturated carbocycles. The number of thioether (sulfide) groups is 2. The van der Waals surface area contributed by atoms with Crippen molar-refractivity contribution < 1.29 is 53.6 Å². The maximum absolute atomic E-state index is 13.6. The number of nitro benzene ring substituents is 1. The van der Waals surface area contributed by atoms with Gasteiger partial charge in [-0.2, -0.15) is 43.9 Å². The average Bonchev–Trinajstić information content (AvgIpc) is 2.72. The molecule has 0 atom stereocenters. The Bertz CT molecular complexity index is 1160. The van der Waals surface area contributed by atoms with Gasteiger partial charge in [0.1, 0.15) is 0 Å². The third kappa shape index (κ3) is 6.88. The monoisotopic (exact) mass is 590 g/mol. The van der Waals surface area contributed by atoms with E-state index < -0.39 is 73.7 Å². The first-order valence-corrected chi connectivity index (χ1v) is 11.0. The minimum absolute atomic E-state index is 0.259. The number of alkyl halides is 10.